The Morgan fingerprint density at radius 1 is 1.20 bits per heavy atom. The van der Waals surface area contributed by atoms with Gasteiger partial charge in [0, 0.05) is 29.8 Å². The van der Waals surface area contributed by atoms with Crippen LogP contribution in [0, 0.1) is 5.82 Å². The molecule has 124 valence electrons. The molecule has 1 aliphatic carbocycles. The lowest BCUT2D eigenvalue weighted by atomic mass is 9.82. The van der Waals surface area contributed by atoms with E-state index in [0.717, 1.165) is 33.7 Å². The van der Waals surface area contributed by atoms with Crippen LogP contribution in [-0.2, 0) is 0 Å². The molecule has 0 bridgehead atoms. The summed E-state index contributed by atoms with van der Waals surface area (Å²) in [5, 5.41) is 15.5. The number of benzene rings is 1. The van der Waals surface area contributed by atoms with E-state index < -0.39 is 0 Å². The van der Waals surface area contributed by atoms with Crippen molar-refractivity contribution in [3.63, 3.8) is 0 Å². The largest absolute Gasteiger partial charge is 0.383 e. The van der Waals surface area contributed by atoms with E-state index in [2.05, 4.69) is 33.0 Å². The Bertz CT molecular complexity index is 979. The van der Waals surface area contributed by atoms with Crippen molar-refractivity contribution in [2.75, 3.05) is 6.54 Å². The molecule has 2 aliphatic heterocycles. The van der Waals surface area contributed by atoms with Gasteiger partial charge >= 0.3 is 0 Å². The van der Waals surface area contributed by atoms with E-state index in [-0.39, 0.29) is 22.8 Å². The molecule has 0 spiro atoms. The summed E-state index contributed by atoms with van der Waals surface area (Å²) < 4.78 is 13.9. The molecular formula is C19H14ClFN4. The highest BCUT2D eigenvalue weighted by Gasteiger charge is 2.38. The minimum Gasteiger partial charge on any atom is -0.383 e. The van der Waals surface area contributed by atoms with Crippen LogP contribution >= 0.6 is 11.6 Å². The second-order valence-corrected chi connectivity index (χ2v) is 6.77. The number of hydrogen-bond acceptors (Lipinski definition) is 4. The third kappa shape index (κ3) is 2.19. The van der Waals surface area contributed by atoms with E-state index in [1.165, 1.54) is 6.07 Å². The molecule has 0 radical (unpaired) electrons. The van der Waals surface area contributed by atoms with Crippen molar-refractivity contribution in [2.45, 2.75) is 12.0 Å². The Morgan fingerprint density at radius 3 is 3.00 bits per heavy atom. The Labute approximate surface area is 149 Å². The van der Waals surface area contributed by atoms with Gasteiger partial charge in [-0.05, 0) is 29.3 Å². The van der Waals surface area contributed by atoms with Crippen molar-refractivity contribution >= 4 is 23.4 Å². The molecule has 1 aromatic carbocycles. The standard InChI is InChI=1S/C19H14ClFN4/c20-14-4-3-11(7-15(14)21)13-9-23-19-16-12(8-22-18(13)16)2-1-10-5-6-24-25-17(10)19/h1-8,13,18,22-23H,9H2. The average Bonchev–Trinajstić information content (AvgIpc) is 2.99. The fourth-order valence-corrected chi connectivity index (χ4v) is 3.93. The Balaban J connectivity index is 1.63. The van der Waals surface area contributed by atoms with Gasteiger partial charge in [0.25, 0.3) is 0 Å². The lowest BCUT2D eigenvalue weighted by Gasteiger charge is -2.33. The molecule has 3 aliphatic rings. The molecule has 4 nitrogen and oxygen atoms in total. The topological polar surface area (TPSA) is 49.8 Å². The number of rotatable bonds is 1. The van der Waals surface area contributed by atoms with Crippen LogP contribution in [0.3, 0.4) is 0 Å². The molecule has 2 atom stereocenters. The van der Waals surface area contributed by atoms with E-state index in [9.17, 15) is 4.39 Å². The number of aromatic nitrogens is 2. The molecule has 0 saturated heterocycles. The van der Waals surface area contributed by atoms with Crippen LogP contribution in [0.1, 0.15) is 22.7 Å². The van der Waals surface area contributed by atoms with Crippen LogP contribution in [0.4, 0.5) is 4.39 Å². The normalized spacial score (nSPS) is 23.2. The van der Waals surface area contributed by atoms with E-state index >= 15 is 0 Å². The maximum absolute atomic E-state index is 13.9. The SMILES string of the molecule is Fc1cc(C2CNC3=C4C(=CNC42)C=Cc2ccnnc23)ccc1Cl. The van der Waals surface area contributed by atoms with Crippen LogP contribution in [-0.4, -0.2) is 22.8 Å². The van der Waals surface area contributed by atoms with Gasteiger partial charge in [-0.1, -0.05) is 29.8 Å². The van der Waals surface area contributed by atoms with E-state index in [4.69, 9.17) is 11.6 Å². The van der Waals surface area contributed by atoms with Crippen molar-refractivity contribution in [1.29, 1.82) is 0 Å². The third-order valence-corrected chi connectivity index (χ3v) is 5.32. The van der Waals surface area contributed by atoms with Gasteiger partial charge in [0.15, 0.2) is 0 Å². The summed E-state index contributed by atoms with van der Waals surface area (Å²) in [6.07, 6.45) is 7.85. The molecular weight excluding hydrogens is 339 g/mol. The first kappa shape index (κ1) is 14.7. The maximum Gasteiger partial charge on any atom is 0.142 e. The Morgan fingerprint density at radius 2 is 2.12 bits per heavy atom. The minimum atomic E-state index is -0.387. The van der Waals surface area contributed by atoms with Gasteiger partial charge < -0.3 is 10.6 Å². The molecule has 25 heavy (non-hydrogen) atoms. The van der Waals surface area contributed by atoms with E-state index in [1.807, 2.05) is 18.3 Å². The summed E-state index contributed by atoms with van der Waals surface area (Å²) in [6, 6.07) is 7.06. The van der Waals surface area contributed by atoms with Gasteiger partial charge in [0.2, 0.25) is 0 Å². The molecule has 2 unspecified atom stereocenters. The number of halogens is 2. The van der Waals surface area contributed by atoms with Crippen molar-refractivity contribution in [3.8, 4) is 0 Å². The summed E-state index contributed by atoms with van der Waals surface area (Å²) in [6.45, 7) is 0.675. The zero-order chi connectivity index (χ0) is 17.0. The van der Waals surface area contributed by atoms with Gasteiger partial charge in [0.05, 0.1) is 23.0 Å². The predicted molar refractivity (Wildman–Crippen MR) is 95.1 cm³/mol. The van der Waals surface area contributed by atoms with Crippen molar-refractivity contribution in [3.05, 3.63) is 81.5 Å². The summed E-state index contributed by atoms with van der Waals surface area (Å²) in [4.78, 5) is 0. The third-order valence-electron chi connectivity index (χ3n) is 5.01. The average molecular weight is 353 g/mol. The van der Waals surface area contributed by atoms with E-state index in [0.29, 0.717) is 6.54 Å². The number of nitrogens with zero attached hydrogens (tertiary/aromatic N) is 2. The van der Waals surface area contributed by atoms with Gasteiger partial charge in [-0.25, -0.2) is 4.39 Å². The second-order valence-electron chi connectivity index (χ2n) is 6.36. The molecule has 2 N–H and O–H groups in total. The summed E-state index contributed by atoms with van der Waals surface area (Å²) in [5.74, 6) is -0.298. The lowest BCUT2D eigenvalue weighted by Crippen LogP contribution is -2.41. The van der Waals surface area contributed by atoms with Gasteiger partial charge in [-0.2, -0.15) is 5.10 Å². The minimum absolute atomic E-state index is 0.0597. The number of allylic oxidation sites excluding steroid dienone is 1. The van der Waals surface area contributed by atoms with Gasteiger partial charge in [0.1, 0.15) is 11.5 Å². The highest BCUT2D eigenvalue weighted by molar-refractivity contribution is 6.30. The van der Waals surface area contributed by atoms with Crippen LogP contribution in [0.5, 0.6) is 0 Å². The van der Waals surface area contributed by atoms with Crippen LogP contribution in [0.25, 0.3) is 11.8 Å². The highest BCUT2D eigenvalue weighted by Crippen LogP contribution is 2.41. The molecule has 2 aromatic rings. The van der Waals surface area contributed by atoms with Gasteiger partial charge in [-0.15, -0.1) is 5.10 Å². The number of fused-ring (bicyclic) bond motifs is 2. The smallest absolute Gasteiger partial charge is 0.142 e. The van der Waals surface area contributed by atoms with E-state index in [1.54, 1.807) is 12.3 Å². The monoisotopic (exact) mass is 352 g/mol. The summed E-state index contributed by atoms with van der Waals surface area (Å²) in [5.41, 5.74) is 6.08. The summed E-state index contributed by atoms with van der Waals surface area (Å²) >= 11 is 5.84. The molecule has 0 amide bonds. The van der Waals surface area contributed by atoms with Crippen molar-refractivity contribution in [1.82, 2.24) is 20.8 Å². The van der Waals surface area contributed by atoms with Crippen molar-refractivity contribution in [2.24, 2.45) is 0 Å². The zero-order valence-electron chi connectivity index (χ0n) is 13.1. The fourth-order valence-electron chi connectivity index (χ4n) is 3.81. The molecule has 3 heterocycles. The van der Waals surface area contributed by atoms with Crippen LogP contribution < -0.4 is 10.6 Å². The first-order chi connectivity index (χ1) is 12.2. The zero-order valence-corrected chi connectivity index (χ0v) is 13.9. The molecule has 0 fully saturated rings. The molecule has 0 saturated carbocycles. The molecule has 5 rings (SSSR count). The quantitative estimate of drug-likeness (QED) is 0.827. The first-order valence-corrected chi connectivity index (χ1v) is 8.50. The molecule has 1 aromatic heterocycles. The number of hydrogen-bond donors (Lipinski definition) is 2. The van der Waals surface area contributed by atoms with Crippen LogP contribution in [0.15, 0.2) is 53.9 Å². The van der Waals surface area contributed by atoms with Crippen molar-refractivity contribution < 1.29 is 4.39 Å². The lowest BCUT2D eigenvalue weighted by molar-refractivity contribution is 0.512. The van der Waals surface area contributed by atoms with Gasteiger partial charge in [-0.3, -0.25) is 0 Å². The Kier molecular flexibility index (Phi) is 3.18. The fraction of sp³-hybridized carbons (Fsp3) is 0.158. The number of nitrogens with one attached hydrogen (secondary N) is 2. The Hall–Kier alpha value is -2.66. The summed E-state index contributed by atoms with van der Waals surface area (Å²) in [7, 11) is 0. The maximum atomic E-state index is 13.9. The second kappa shape index (κ2) is 5.43. The van der Waals surface area contributed by atoms with Crippen LogP contribution in [0.2, 0.25) is 5.02 Å². The predicted octanol–water partition coefficient (Wildman–Crippen LogP) is 3.25. The highest BCUT2D eigenvalue weighted by atomic mass is 35.5. The molecule has 6 heteroatoms. The first-order valence-electron chi connectivity index (χ1n) is 8.12.